The first-order valence-electron chi connectivity index (χ1n) is 16.3. The van der Waals surface area contributed by atoms with Crippen LogP contribution in [0.1, 0.15) is 68.4 Å². The predicted octanol–water partition coefficient (Wildman–Crippen LogP) is 7.85. The average molecular weight is 713 g/mol. The highest BCUT2D eigenvalue weighted by Gasteiger charge is 2.38. The molecular weight excluding hydrogens is 677 g/mol. The maximum atomic E-state index is 14.9. The van der Waals surface area contributed by atoms with Gasteiger partial charge in [0.15, 0.2) is 11.3 Å². The molecule has 1 N–H and O–H groups in total. The minimum absolute atomic E-state index is 0.196. The molecule has 7 rings (SSSR count). The maximum absolute atomic E-state index is 14.9. The lowest BCUT2D eigenvalue weighted by Gasteiger charge is -2.34. The fourth-order valence-electron chi connectivity index (χ4n) is 7.18. The van der Waals surface area contributed by atoms with Crippen molar-refractivity contribution in [1.82, 2.24) is 29.1 Å². The number of amides is 1. The van der Waals surface area contributed by atoms with Gasteiger partial charge < -0.3 is 23.9 Å². The Bertz CT molecular complexity index is 2340. The third-order valence-corrected chi connectivity index (χ3v) is 10.3. The van der Waals surface area contributed by atoms with Crippen LogP contribution in [0.15, 0.2) is 43.0 Å². The van der Waals surface area contributed by atoms with E-state index in [1.54, 1.807) is 22.7 Å². The molecule has 1 aliphatic heterocycles. The van der Waals surface area contributed by atoms with Gasteiger partial charge in [0.2, 0.25) is 0 Å². The number of carbonyl (C=O) groups is 2. The van der Waals surface area contributed by atoms with Crippen LogP contribution < -0.4 is 9.64 Å². The number of hydrogen-bond acceptors (Lipinski definition) is 7. The second kappa shape index (κ2) is 12.7. The average Bonchev–Trinajstić information content (AvgIpc) is 3.59. The van der Waals surface area contributed by atoms with Gasteiger partial charge in [0.25, 0.3) is 5.91 Å². The number of carboxylic acids is 1. The van der Waals surface area contributed by atoms with Gasteiger partial charge in [-0.2, -0.15) is 0 Å². The zero-order valence-electron chi connectivity index (χ0n) is 28.5. The number of hydrogen-bond donors (Lipinski definition) is 1. The SMILES string of the molecule is Cc1cc(OCCCc2c3n(c4c(-c5c(C)ncnc5C)c(Cl)ccc24)C(C)CN(c2cn(C)c4ncc(C(=O)O)nc24)C3=O)cc(C)c1Cl. The molecule has 6 aromatic rings. The largest absolute Gasteiger partial charge is 0.494 e. The molecule has 1 unspecified atom stereocenters. The van der Waals surface area contributed by atoms with Crippen molar-refractivity contribution in [2.45, 2.75) is 53.5 Å². The molecule has 0 spiro atoms. The number of aryl methyl sites for hydroxylation is 6. The Balaban J connectivity index is 1.38. The summed E-state index contributed by atoms with van der Waals surface area (Å²) in [5, 5.41) is 11.8. The van der Waals surface area contributed by atoms with E-state index in [0.717, 1.165) is 60.9 Å². The van der Waals surface area contributed by atoms with Crippen LogP contribution in [0, 0.1) is 27.7 Å². The van der Waals surface area contributed by atoms with Gasteiger partial charge in [-0.3, -0.25) is 4.79 Å². The van der Waals surface area contributed by atoms with E-state index < -0.39 is 5.97 Å². The molecule has 0 saturated heterocycles. The number of carbonyl (C=O) groups excluding carboxylic acids is 1. The highest BCUT2D eigenvalue weighted by molar-refractivity contribution is 6.35. The second-order valence-electron chi connectivity index (χ2n) is 12.9. The minimum Gasteiger partial charge on any atom is -0.494 e. The van der Waals surface area contributed by atoms with Gasteiger partial charge in [0.05, 0.1) is 29.0 Å². The van der Waals surface area contributed by atoms with E-state index in [-0.39, 0.29) is 17.6 Å². The van der Waals surface area contributed by atoms with Gasteiger partial charge in [-0.25, -0.2) is 24.7 Å². The van der Waals surface area contributed by atoms with Gasteiger partial charge in [-0.05, 0) is 82.3 Å². The maximum Gasteiger partial charge on any atom is 0.356 e. The van der Waals surface area contributed by atoms with Crippen LogP contribution in [-0.2, 0) is 13.5 Å². The van der Waals surface area contributed by atoms with Gasteiger partial charge in [0.1, 0.15) is 23.3 Å². The molecule has 50 heavy (non-hydrogen) atoms. The molecule has 256 valence electrons. The van der Waals surface area contributed by atoms with E-state index in [4.69, 9.17) is 27.9 Å². The van der Waals surface area contributed by atoms with Crippen molar-refractivity contribution in [2.24, 2.45) is 7.05 Å². The number of ether oxygens (including phenoxy) is 1. The van der Waals surface area contributed by atoms with Crippen LogP contribution in [0.25, 0.3) is 33.2 Å². The third-order valence-electron chi connectivity index (χ3n) is 9.44. The van der Waals surface area contributed by atoms with E-state index in [1.165, 1.54) is 12.5 Å². The molecule has 0 saturated carbocycles. The first-order valence-corrected chi connectivity index (χ1v) is 17.0. The molecule has 2 aromatic carbocycles. The Labute approximate surface area is 298 Å². The van der Waals surface area contributed by atoms with Crippen LogP contribution in [-0.4, -0.2) is 59.2 Å². The lowest BCUT2D eigenvalue weighted by Crippen LogP contribution is -2.42. The number of aromatic nitrogens is 6. The van der Waals surface area contributed by atoms with Crippen LogP contribution in [0.3, 0.4) is 0 Å². The van der Waals surface area contributed by atoms with E-state index in [2.05, 4.69) is 31.4 Å². The number of aromatic carboxylic acids is 1. The summed E-state index contributed by atoms with van der Waals surface area (Å²) >= 11 is 13.4. The van der Waals surface area contributed by atoms with Crippen molar-refractivity contribution in [3.8, 4) is 16.9 Å². The first-order chi connectivity index (χ1) is 23.9. The number of carboxylic acid groups (broad SMARTS) is 1. The number of nitrogens with zero attached hydrogens (tertiary/aromatic N) is 7. The molecule has 11 nitrogen and oxygen atoms in total. The Kier molecular flexibility index (Phi) is 8.52. The van der Waals surface area contributed by atoms with Crippen LogP contribution in [0.4, 0.5) is 5.69 Å². The third kappa shape index (κ3) is 5.45. The Morgan fingerprint density at radius 1 is 1.04 bits per heavy atom. The Hall–Kier alpha value is -5.00. The quantitative estimate of drug-likeness (QED) is 0.158. The summed E-state index contributed by atoms with van der Waals surface area (Å²) in [7, 11) is 1.80. The molecule has 1 amide bonds. The molecule has 4 aromatic heterocycles. The van der Waals surface area contributed by atoms with Gasteiger partial charge in [0, 0.05) is 58.8 Å². The van der Waals surface area contributed by atoms with Gasteiger partial charge in [-0.15, -0.1) is 0 Å². The molecule has 0 radical (unpaired) electrons. The predicted molar refractivity (Wildman–Crippen MR) is 194 cm³/mol. The summed E-state index contributed by atoms with van der Waals surface area (Å²) in [6.45, 7) is 10.6. The number of anilines is 1. The summed E-state index contributed by atoms with van der Waals surface area (Å²) in [6.07, 6.45) is 5.71. The Morgan fingerprint density at radius 2 is 1.74 bits per heavy atom. The first kappa shape index (κ1) is 33.5. The topological polar surface area (TPSA) is 128 Å². The van der Waals surface area contributed by atoms with Crippen molar-refractivity contribution in [2.75, 3.05) is 18.1 Å². The number of benzene rings is 2. The molecule has 0 aliphatic carbocycles. The van der Waals surface area contributed by atoms with Crippen molar-refractivity contribution in [3.05, 3.63) is 92.5 Å². The standard InChI is InChI=1S/C37H35Cl2N7O4/c1-18-12-23(13-19(2)31(18)39)50-11-7-8-24-25-9-10-26(38)30(29-21(4)41-17-42-22(29)5)33(25)46-20(3)15-45(36(47)34(24)46)28-16-44(6)35-32(28)43-27(14-40-35)37(48)49/h9-10,12-14,16-17,20H,7-8,11,15H2,1-6H3,(H,48,49). The number of halogens is 2. The summed E-state index contributed by atoms with van der Waals surface area (Å²) in [5.74, 6) is -0.680. The second-order valence-corrected chi connectivity index (χ2v) is 13.7. The summed E-state index contributed by atoms with van der Waals surface area (Å²) < 4.78 is 10.0. The fourth-order valence-corrected chi connectivity index (χ4v) is 7.53. The molecule has 5 heterocycles. The fraction of sp³-hybridized carbons (Fsp3) is 0.297. The van der Waals surface area contributed by atoms with Crippen LogP contribution in [0.5, 0.6) is 5.75 Å². The highest BCUT2D eigenvalue weighted by atomic mass is 35.5. The monoisotopic (exact) mass is 711 g/mol. The van der Waals surface area contributed by atoms with Crippen molar-refractivity contribution >= 4 is 62.8 Å². The van der Waals surface area contributed by atoms with E-state index >= 15 is 0 Å². The highest BCUT2D eigenvalue weighted by Crippen LogP contribution is 2.45. The Morgan fingerprint density at radius 3 is 2.42 bits per heavy atom. The lowest BCUT2D eigenvalue weighted by molar-refractivity contribution is 0.0690. The van der Waals surface area contributed by atoms with Gasteiger partial charge >= 0.3 is 5.97 Å². The lowest BCUT2D eigenvalue weighted by atomic mass is 9.97. The summed E-state index contributed by atoms with van der Waals surface area (Å²) in [4.78, 5) is 46.1. The molecule has 1 atom stereocenters. The zero-order valence-corrected chi connectivity index (χ0v) is 30.0. The molecular formula is C37H35Cl2N7O4. The number of fused-ring (bicyclic) bond motifs is 4. The molecule has 1 aliphatic rings. The van der Waals surface area contributed by atoms with Crippen molar-refractivity contribution in [3.63, 3.8) is 0 Å². The zero-order chi connectivity index (χ0) is 35.6. The van der Waals surface area contributed by atoms with E-state index in [0.29, 0.717) is 53.6 Å². The molecule has 0 bridgehead atoms. The summed E-state index contributed by atoms with van der Waals surface area (Å²) in [6, 6.07) is 7.51. The van der Waals surface area contributed by atoms with Crippen LogP contribution in [0.2, 0.25) is 10.0 Å². The minimum atomic E-state index is -1.19. The summed E-state index contributed by atoms with van der Waals surface area (Å²) in [5.41, 5.74) is 8.45. The van der Waals surface area contributed by atoms with E-state index in [1.807, 2.05) is 52.0 Å². The smallest absolute Gasteiger partial charge is 0.356 e. The molecule has 13 heteroatoms. The van der Waals surface area contributed by atoms with Gasteiger partial charge in [-0.1, -0.05) is 29.3 Å². The van der Waals surface area contributed by atoms with Crippen molar-refractivity contribution < 1.29 is 19.4 Å². The number of rotatable bonds is 8. The molecule has 0 fully saturated rings. The van der Waals surface area contributed by atoms with E-state index in [9.17, 15) is 14.7 Å². The normalized spacial score (nSPS) is 14.5. The van der Waals surface area contributed by atoms with Crippen molar-refractivity contribution in [1.29, 1.82) is 0 Å². The van der Waals surface area contributed by atoms with Crippen LogP contribution >= 0.6 is 23.2 Å².